The minimum Gasteiger partial charge on any atom is -0.391 e. The second-order valence-corrected chi connectivity index (χ2v) is 11.1. The molecule has 0 saturated carbocycles. The zero-order valence-electron chi connectivity index (χ0n) is 23.3. The Balaban J connectivity index is 4.01. The van der Waals surface area contributed by atoms with Crippen LogP contribution in [0.25, 0.3) is 0 Å². The maximum Gasteiger partial charge on any atom is 0.266 e. The molecule has 0 rings (SSSR count). The highest BCUT2D eigenvalue weighted by Gasteiger charge is 2.25. The summed E-state index contributed by atoms with van der Waals surface area (Å²) in [5.74, 6) is -0.943. The Bertz CT molecular complexity index is 771. The van der Waals surface area contributed by atoms with Gasteiger partial charge in [-0.1, -0.05) is 107 Å². The molecule has 37 heavy (non-hydrogen) atoms. The van der Waals surface area contributed by atoms with Gasteiger partial charge in [-0.2, -0.15) is 8.42 Å². The first kappa shape index (κ1) is 35.3. The molecule has 2 unspecified atom stereocenters. The topological polar surface area (TPSA) is 104 Å². The zero-order chi connectivity index (χ0) is 27.6. The van der Waals surface area contributed by atoms with Gasteiger partial charge in [0.25, 0.3) is 10.1 Å². The van der Waals surface area contributed by atoms with Crippen LogP contribution in [-0.2, 0) is 14.9 Å². The molecule has 7 heteroatoms. The van der Waals surface area contributed by atoms with Crippen molar-refractivity contribution in [3.63, 3.8) is 0 Å². The molecule has 0 aromatic rings. The summed E-state index contributed by atoms with van der Waals surface area (Å²) in [6.45, 7) is 4.26. The van der Waals surface area contributed by atoms with Crippen molar-refractivity contribution in [3.05, 3.63) is 48.6 Å². The molecular formula is C30H53NO5S. The summed E-state index contributed by atoms with van der Waals surface area (Å²) in [6.07, 6.45) is 31.0. The van der Waals surface area contributed by atoms with Crippen LogP contribution in [0.4, 0.5) is 0 Å². The van der Waals surface area contributed by atoms with E-state index in [2.05, 4.69) is 67.8 Å². The number of rotatable bonds is 24. The van der Waals surface area contributed by atoms with Gasteiger partial charge in [0.2, 0.25) is 5.91 Å². The number of nitrogens with one attached hydrogen (secondary N) is 1. The molecule has 0 saturated heterocycles. The van der Waals surface area contributed by atoms with Crippen LogP contribution in [0.3, 0.4) is 0 Å². The summed E-state index contributed by atoms with van der Waals surface area (Å²) < 4.78 is 31.9. The third-order valence-electron chi connectivity index (χ3n) is 6.05. The number of allylic oxidation sites excluding steroid dienone is 8. The summed E-state index contributed by atoms with van der Waals surface area (Å²) in [6, 6.07) is -0.980. The Kier molecular flexibility index (Phi) is 23.5. The Morgan fingerprint density at radius 1 is 0.757 bits per heavy atom. The van der Waals surface area contributed by atoms with Crippen LogP contribution < -0.4 is 5.32 Å². The highest BCUT2D eigenvalue weighted by Crippen LogP contribution is 2.12. The SMILES string of the molecule is CC/C=C\C/C=C\C/C=C\C/C=C\CCCCCCC(=O)NC(CS(=O)(=O)O)C(O)CCCCCCC. The van der Waals surface area contributed by atoms with Gasteiger partial charge in [-0.15, -0.1) is 0 Å². The molecule has 0 aliphatic rings. The molecule has 2 atom stereocenters. The first-order valence-electron chi connectivity index (χ1n) is 14.3. The van der Waals surface area contributed by atoms with Crippen LogP contribution in [0.5, 0.6) is 0 Å². The van der Waals surface area contributed by atoms with Crippen molar-refractivity contribution in [3.8, 4) is 0 Å². The summed E-state index contributed by atoms with van der Waals surface area (Å²) in [5.41, 5.74) is 0. The molecule has 0 spiro atoms. The Hall–Kier alpha value is -1.70. The third-order valence-corrected chi connectivity index (χ3v) is 6.83. The molecule has 0 aromatic heterocycles. The fourth-order valence-electron chi connectivity index (χ4n) is 3.91. The van der Waals surface area contributed by atoms with E-state index in [0.29, 0.717) is 12.8 Å². The second kappa shape index (κ2) is 24.6. The quantitative estimate of drug-likeness (QED) is 0.0682. The van der Waals surface area contributed by atoms with Crippen LogP contribution in [-0.4, -0.2) is 41.9 Å². The number of hydrogen-bond acceptors (Lipinski definition) is 4. The third kappa shape index (κ3) is 25.7. The summed E-state index contributed by atoms with van der Waals surface area (Å²) in [5, 5.41) is 13.0. The Morgan fingerprint density at radius 2 is 1.30 bits per heavy atom. The van der Waals surface area contributed by atoms with E-state index in [4.69, 9.17) is 0 Å². The second-order valence-electron chi connectivity index (χ2n) is 9.65. The molecule has 214 valence electrons. The fourth-order valence-corrected chi connectivity index (χ4v) is 4.67. The number of aliphatic hydroxyl groups excluding tert-OH is 1. The number of hydrogen-bond donors (Lipinski definition) is 3. The van der Waals surface area contributed by atoms with Crippen molar-refractivity contribution in [2.24, 2.45) is 0 Å². The smallest absolute Gasteiger partial charge is 0.266 e. The maximum atomic E-state index is 12.3. The minimum atomic E-state index is -4.30. The van der Waals surface area contributed by atoms with Crippen molar-refractivity contribution >= 4 is 16.0 Å². The molecule has 3 N–H and O–H groups in total. The minimum absolute atomic E-state index is 0.280. The van der Waals surface area contributed by atoms with E-state index in [1.54, 1.807) is 0 Å². The lowest BCUT2D eigenvalue weighted by molar-refractivity contribution is -0.122. The van der Waals surface area contributed by atoms with Crippen molar-refractivity contribution < 1.29 is 22.9 Å². The van der Waals surface area contributed by atoms with Crippen molar-refractivity contribution in [1.82, 2.24) is 5.32 Å². The fraction of sp³-hybridized carbons (Fsp3) is 0.700. The number of unbranched alkanes of at least 4 members (excludes halogenated alkanes) is 8. The average Bonchev–Trinajstić information content (AvgIpc) is 2.84. The molecular weight excluding hydrogens is 486 g/mol. The highest BCUT2D eigenvalue weighted by atomic mass is 32.2. The van der Waals surface area contributed by atoms with Crippen LogP contribution in [0.2, 0.25) is 0 Å². The average molecular weight is 540 g/mol. The van der Waals surface area contributed by atoms with E-state index in [1.807, 2.05) is 0 Å². The zero-order valence-corrected chi connectivity index (χ0v) is 24.1. The molecule has 0 heterocycles. The Morgan fingerprint density at radius 3 is 1.89 bits per heavy atom. The standard InChI is InChI=1S/C30H53NO5S/c1-3-5-7-9-10-11-12-13-14-15-16-17-18-19-20-22-24-26-30(33)31-28(27-37(34,35)36)29(32)25-23-21-8-6-4-2/h5,7,10-11,13-14,16-17,28-29,32H,3-4,6,8-9,12,15,18-27H2,1-2H3,(H,31,33)(H,34,35,36)/b7-5-,11-10-,14-13-,17-16-. The highest BCUT2D eigenvalue weighted by molar-refractivity contribution is 7.85. The number of amides is 1. The van der Waals surface area contributed by atoms with Crippen molar-refractivity contribution in [2.45, 2.75) is 129 Å². The van der Waals surface area contributed by atoms with Gasteiger partial charge in [-0.05, 0) is 51.4 Å². The van der Waals surface area contributed by atoms with Gasteiger partial charge in [0.1, 0.15) is 0 Å². The van der Waals surface area contributed by atoms with Gasteiger partial charge in [0, 0.05) is 6.42 Å². The predicted octanol–water partition coefficient (Wildman–Crippen LogP) is 7.23. The largest absolute Gasteiger partial charge is 0.391 e. The normalized spacial score (nSPS) is 14.4. The van der Waals surface area contributed by atoms with Gasteiger partial charge in [-0.25, -0.2) is 0 Å². The van der Waals surface area contributed by atoms with Crippen molar-refractivity contribution in [1.29, 1.82) is 0 Å². The molecule has 0 aromatic carbocycles. The van der Waals surface area contributed by atoms with E-state index >= 15 is 0 Å². The van der Waals surface area contributed by atoms with Crippen molar-refractivity contribution in [2.75, 3.05) is 5.75 Å². The lowest BCUT2D eigenvalue weighted by Gasteiger charge is -2.23. The van der Waals surface area contributed by atoms with Gasteiger partial charge in [-0.3, -0.25) is 9.35 Å². The molecule has 6 nitrogen and oxygen atoms in total. The molecule has 0 radical (unpaired) electrons. The monoisotopic (exact) mass is 539 g/mol. The molecule has 0 aliphatic carbocycles. The first-order valence-corrected chi connectivity index (χ1v) is 15.9. The lowest BCUT2D eigenvalue weighted by Crippen LogP contribution is -2.47. The van der Waals surface area contributed by atoms with Gasteiger partial charge in [0.05, 0.1) is 17.9 Å². The predicted molar refractivity (Wildman–Crippen MR) is 156 cm³/mol. The first-order chi connectivity index (χ1) is 17.8. The van der Waals surface area contributed by atoms with E-state index in [9.17, 15) is 22.9 Å². The van der Waals surface area contributed by atoms with Gasteiger partial charge < -0.3 is 10.4 Å². The van der Waals surface area contributed by atoms with E-state index in [1.165, 1.54) is 0 Å². The van der Waals surface area contributed by atoms with Crippen LogP contribution >= 0.6 is 0 Å². The van der Waals surface area contributed by atoms with Crippen LogP contribution in [0.1, 0.15) is 117 Å². The Labute approximate surface area is 227 Å². The van der Waals surface area contributed by atoms with Gasteiger partial charge in [0.15, 0.2) is 0 Å². The molecule has 1 amide bonds. The maximum absolute atomic E-state index is 12.3. The van der Waals surface area contributed by atoms with E-state index < -0.39 is 28.0 Å². The van der Waals surface area contributed by atoms with E-state index in [-0.39, 0.29) is 12.3 Å². The lowest BCUT2D eigenvalue weighted by atomic mass is 10.0. The summed E-state index contributed by atoms with van der Waals surface area (Å²) >= 11 is 0. The summed E-state index contributed by atoms with van der Waals surface area (Å²) in [7, 11) is -4.30. The molecule has 0 aliphatic heterocycles. The van der Waals surface area contributed by atoms with E-state index in [0.717, 1.165) is 83.5 Å². The van der Waals surface area contributed by atoms with Gasteiger partial charge >= 0.3 is 0 Å². The number of aliphatic hydroxyl groups is 1. The summed E-state index contributed by atoms with van der Waals surface area (Å²) in [4.78, 5) is 12.3. The van der Waals surface area contributed by atoms with Crippen LogP contribution in [0, 0.1) is 0 Å². The molecule has 0 bridgehead atoms. The molecule has 0 fully saturated rings. The van der Waals surface area contributed by atoms with Crippen LogP contribution in [0.15, 0.2) is 48.6 Å². The number of carbonyl (C=O) groups excluding carboxylic acids is 1. The number of carbonyl (C=O) groups is 1.